The molecule has 0 aromatic heterocycles. The fraction of sp³-hybridized carbons (Fsp3) is 0.294. The summed E-state index contributed by atoms with van der Waals surface area (Å²) in [7, 11) is -3.82. The highest BCUT2D eigenvalue weighted by atomic mass is 32.2. The van der Waals surface area contributed by atoms with Crippen LogP contribution in [-0.4, -0.2) is 22.1 Å². The summed E-state index contributed by atoms with van der Waals surface area (Å²) in [6.07, 6.45) is 1.44. The van der Waals surface area contributed by atoms with Gasteiger partial charge in [-0.3, -0.25) is 4.72 Å². The number of ether oxygens (including phenoxy) is 2. The Balaban J connectivity index is 2.05. The summed E-state index contributed by atoms with van der Waals surface area (Å²) in [5, 5.41) is 0. The van der Waals surface area contributed by atoms with Gasteiger partial charge in [0.2, 0.25) is 11.6 Å². The molecule has 1 aliphatic carbocycles. The van der Waals surface area contributed by atoms with E-state index in [0.29, 0.717) is 0 Å². The van der Waals surface area contributed by atoms with Crippen molar-refractivity contribution in [3.8, 4) is 11.5 Å². The molecule has 1 aliphatic rings. The Morgan fingerprint density at radius 1 is 1.04 bits per heavy atom. The summed E-state index contributed by atoms with van der Waals surface area (Å²) in [5.41, 5.74) is -0.379. The van der Waals surface area contributed by atoms with E-state index >= 15 is 0 Å². The van der Waals surface area contributed by atoms with E-state index in [1.54, 1.807) is 4.72 Å². The Hall–Kier alpha value is -2.56. The number of hydrogen-bond donors (Lipinski definition) is 1. The second kappa shape index (κ2) is 7.46. The monoisotopic (exact) mass is 423 g/mol. The van der Waals surface area contributed by atoms with Crippen LogP contribution in [0.15, 0.2) is 23.1 Å². The Bertz CT molecular complexity index is 1020. The minimum absolute atomic E-state index is 0.0187. The quantitative estimate of drug-likeness (QED) is 0.416. The van der Waals surface area contributed by atoms with Crippen LogP contribution in [0.2, 0.25) is 0 Å². The highest BCUT2D eigenvalue weighted by Gasteiger charge is 2.35. The maximum atomic E-state index is 14.3. The predicted octanol–water partition coefficient (Wildman–Crippen LogP) is 3.98. The minimum atomic E-state index is -5.00. The first-order valence-electron chi connectivity index (χ1n) is 8.00. The van der Waals surface area contributed by atoms with E-state index in [1.165, 1.54) is 7.11 Å². The molecular formula is C17H14F5NO4S. The minimum Gasteiger partial charge on any atom is -0.494 e. The average molecular weight is 423 g/mol. The van der Waals surface area contributed by atoms with Gasteiger partial charge in [0.15, 0.2) is 33.8 Å². The van der Waals surface area contributed by atoms with Crippen molar-refractivity contribution in [3.63, 3.8) is 0 Å². The molecule has 2 aromatic rings. The summed E-state index contributed by atoms with van der Waals surface area (Å²) in [6.45, 7) is -0.193. The van der Waals surface area contributed by atoms with Gasteiger partial charge < -0.3 is 9.47 Å². The van der Waals surface area contributed by atoms with E-state index in [2.05, 4.69) is 4.74 Å². The van der Waals surface area contributed by atoms with Crippen molar-refractivity contribution in [1.82, 2.24) is 0 Å². The average Bonchev–Trinajstić information content (AvgIpc) is 3.45. The SMILES string of the molecule is COc1ccc(NS(=O)(=O)c2c(F)c(F)c(F)c(F)c2OCC2CC2)cc1F. The van der Waals surface area contributed by atoms with Crippen LogP contribution >= 0.6 is 0 Å². The van der Waals surface area contributed by atoms with Gasteiger partial charge in [-0.2, -0.15) is 4.39 Å². The van der Waals surface area contributed by atoms with Crippen LogP contribution < -0.4 is 14.2 Å². The van der Waals surface area contributed by atoms with Gasteiger partial charge in [-0.05, 0) is 30.9 Å². The smallest absolute Gasteiger partial charge is 0.268 e. The molecule has 0 spiro atoms. The number of nitrogens with one attached hydrogen (secondary N) is 1. The molecule has 0 amide bonds. The van der Waals surface area contributed by atoms with Crippen molar-refractivity contribution in [3.05, 3.63) is 47.3 Å². The summed E-state index contributed by atoms with van der Waals surface area (Å²) in [6, 6.07) is 2.88. The molecule has 3 rings (SSSR count). The Kier molecular flexibility index (Phi) is 5.37. The van der Waals surface area contributed by atoms with Gasteiger partial charge in [0.1, 0.15) is 0 Å². The van der Waals surface area contributed by atoms with Crippen molar-refractivity contribution < 1.29 is 39.8 Å². The molecule has 0 bridgehead atoms. The number of sulfonamides is 1. The first-order valence-corrected chi connectivity index (χ1v) is 9.49. The molecule has 0 aliphatic heterocycles. The van der Waals surface area contributed by atoms with Gasteiger partial charge >= 0.3 is 0 Å². The van der Waals surface area contributed by atoms with Crippen LogP contribution in [0.25, 0.3) is 0 Å². The van der Waals surface area contributed by atoms with Gasteiger partial charge in [0.25, 0.3) is 10.0 Å². The number of anilines is 1. The van der Waals surface area contributed by atoms with Crippen molar-refractivity contribution >= 4 is 15.7 Å². The van der Waals surface area contributed by atoms with Crippen LogP contribution in [0.3, 0.4) is 0 Å². The van der Waals surface area contributed by atoms with Crippen LogP contribution in [0, 0.1) is 35.0 Å². The van der Waals surface area contributed by atoms with Gasteiger partial charge in [-0.25, -0.2) is 26.0 Å². The van der Waals surface area contributed by atoms with Crippen LogP contribution in [0.5, 0.6) is 11.5 Å². The largest absolute Gasteiger partial charge is 0.494 e. The number of hydrogen-bond acceptors (Lipinski definition) is 4. The fourth-order valence-corrected chi connectivity index (χ4v) is 3.64. The molecule has 11 heteroatoms. The van der Waals surface area contributed by atoms with E-state index in [0.717, 1.165) is 31.0 Å². The normalized spacial score (nSPS) is 14.1. The van der Waals surface area contributed by atoms with Gasteiger partial charge in [0.05, 0.1) is 19.4 Å². The molecule has 28 heavy (non-hydrogen) atoms. The van der Waals surface area contributed by atoms with Crippen LogP contribution in [0.4, 0.5) is 27.6 Å². The maximum Gasteiger partial charge on any atom is 0.268 e. The Morgan fingerprint density at radius 2 is 1.68 bits per heavy atom. The fourth-order valence-electron chi connectivity index (χ4n) is 2.38. The molecule has 0 heterocycles. The summed E-state index contributed by atoms with van der Waals surface area (Å²) >= 11 is 0. The molecule has 1 fully saturated rings. The van der Waals surface area contributed by atoms with E-state index < -0.39 is 49.8 Å². The first kappa shape index (κ1) is 20.2. The number of rotatable bonds is 7. The molecule has 0 saturated heterocycles. The van der Waals surface area contributed by atoms with Gasteiger partial charge in [-0.15, -0.1) is 0 Å². The Morgan fingerprint density at radius 3 is 2.25 bits per heavy atom. The molecule has 0 atom stereocenters. The van der Waals surface area contributed by atoms with Crippen molar-refractivity contribution in [2.45, 2.75) is 17.7 Å². The zero-order valence-electron chi connectivity index (χ0n) is 14.4. The standard InChI is InChI=1S/C17H14F5NO4S/c1-26-11-5-4-9(6-10(11)18)23-28(24,25)17-15(22)13(20)12(19)14(21)16(17)27-7-8-2-3-8/h4-6,8,23H,2-3,7H2,1H3. The van der Waals surface area contributed by atoms with Gasteiger partial charge in [-0.1, -0.05) is 0 Å². The molecular weight excluding hydrogens is 409 g/mol. The molecule has 1 N–H and O–H groups in total. The van der Waals surface area contributed by atoms with E-state index in [4.69, 9.17) is 4.74 Å². The van der Waals surface area contributed by atoms with Crippen LogP contribution in [-0.2, 0) is 10.0 Å². The summed E-state index contributed by atoms with van der Waals surface area (Å²) in [4.78, 5) is -1.54. The highest BCUT2D eigenvalue weighted by molar-refractivity contribution is 7.92. The number of halogens is 5. The van der Waals surface area contributed by atoms with E-state index in [9.17, 15) is 30.4 Å². The predicted molar refractivity (Wildman–Crippen MR) is 88.3 cm³/mol. The highest BCUT2D eigenvalue weighted by Crippen LogP contribution is 2.37. The molecule has 5 nitrogen and oxygen atoms in total. The topological polar surface area (TPSA) is 64.6 Å². The second-order valence-electron chi connectivity index (χ2n) is 6.12. The van der Waals surface area contributed by atoms with Crippen molar-refractivity contribution in [2.75, 3.05) is 18.4 Å². The molecule has 2 aromatic carbocycles. The summed E-state index contributed by atoms with van der Waals surface area (Å²) in [5.74, 6) is -11.0. The zero-order chi connectivity index (χ0) is 20.6. The van der Waals surface area contributed by atoms with Crippen molar-refractivity contribution in [1.29, 1.82) is 0 Å². The molecule has 0 unspecified atom stereocenters. The third kappa shape index (κ3) is 3.84. The van der Waals surface area contributed by atoms with E-state index in [-0.39, 0.29) is 24.0 Å². The second-order valence-corrected chi connectivity index (χ2v) is 7.74. The number of benzene rings is 2. The maximum absolute atomic E-state index is 14.3. The third-order valence-corrected chi connectivity index (χ3v) is 5.42. The molecule has 1 saturated carbocycles. The van der Waals surface area contributed by atoms with Gasteiger partial charge in [0, 0.05) is 6.07 Å². The first-order chi connectivity index (χ1) is 13.2. The molecule has 0 radical (unpaired) electrons. The van der Waals surface area contributed by atoms with Crippen LogP contribution in [0.1, 0.15) is 12.8 Å². The van der Waals surface area contributed by atoms with Crippen molar-refractivity contribution in [2.24, 2.45) is 5.92 Å². The lowest BCUT2D eigenvalue weighted by Gasteiger charge is -2.16. The lowest BCUT2D eigenvalue weighted by Crippen LogP contribution is -2.19. The third-order valence-electron chi connectivity index (χ3n) is 4.02. The molecule has 152 valence electrons. The lowest BCUT2D eigenvalue weighted by atomic mass is 10.3. The van der Waals surface area contributed by atoms with E-state index in [1.807, 2.05) is 0 Å². The lowest BCUT2D eigenvalue weighted by molar-refractivity contribution is 0.261. The Labute approximate surface area is 157 Å². The summed E-state index contributed by atoms with van der Waals surface area (Å²) < 4.78 is 106. The zero-order valence-corrected chi connectivity index (χ0v) is 15.2. The number of methoxy groups -OCH3 is 1.